The van der Waals surface area contributed by atoms with Gasteiger partial charge >= 0.3 is 0 Å². The minimum absolute atomic E-state index is 0.310. The van der Waals surface area contributed by atoms with Gasteiger partial charge in [-0.1, -0.05) is 34.1 Å². The molecule has 0 unspecified atom stereocenters. The summed E-state index contributed by atoms with van der Waals surface area (Å²) in [6, 6.07) is 14.8. The maximum atomic E-state index is 4.48. The third kappa shape index (κ3) is 3.65. The number of benzene rings is 1. The number of rotatable bonds is 4. The SMILES string of the molecule is Cc1cccc(CN[C@H](C)c2cccc(Br)c2)n1. The Kier molecular flexibility index (Phi) is 4.50. The maximum Gasteiger partial charge on any atom is 0.0545 e. The van der Waals surface area contributed by atoms with Crippen LogP contribution in [0.5, 0.6) is 0 Å². The van der Waals surface area contributed by atoms with Gasteiger partial charge in [-0.15, -0.1) is 0 Å². The first kappa shape index (κ1) is 13.2. The molecule has 3 heteroatoms. The van der Waals surface area contributed by atoms with E-state index in [1.54, 1.807) is 0 Å². The van der Waals surface area contributed by atoms with Crippen molar-refractivity contribution in [2.45, 2.75) is 26.4 Å². The van der Waals surface area contributed by atoms with Crippen LogP contribution in [0.1, 0.15) is 29.9 Å². The van der Waals surface area contributed by atoms with Crippen LogP contribution < -0.4 is 5.32 Å². The van der Waals surface area contributed by atoms with Crippen molar-refractivity contribution in [3.63, 3.8) is 0 Å². The van der Waals surface area contributed by atoms with E-state index in [0.717, 1.165) is 22.4 Å². The fourth-order valence-corrected chi connectivity index (χ4v) is 2.27. The number of hydrogen-bond donors (Lipinski definition) is 1. The van der Waals surface area contributed by atoms with E-state index in [1.807, 2.05) is 31.2 Å². The van der Waals surface area contributed by atoms with Crippen molar-refractivity contribution >= 4 is 15.9 Å². The molecule has 1 heterocycles. The van der Waals surface area contributed by atoms with Crippen molar-refractivity contribution in [3.05, 3.63) is 63.9 Å². The largest absolute Gasteiger partial charge is 0.305 e. The molecule has 18 heavy (non-hydrogen) atoms. The molecule has 1 aromatic carbocycles. The topological polar surface area (TPSA) is 24.9 Å². The second-order valence-electron chi connectivity index (χ2n) is 4.43. The molecule has 0 amide bonds. The Morgan fingerprint density at radius 1 is 1.22 bits per heavy atom. The Bertz CT molecular complexity index is 525. The van der Waals surface area contributed by atoms with Crippen molar-refractivity contribution in [1.82, 2.24) is 10.3 Å². The average molecular weight is 305 g/mol. The molecule has 0 aliphatic rings. The van der Waals surface area contributed by atoms with Gasteiger partial charge in [0.1, 0.15) is 0 Å². The fourth-order valence-electron chi connectivity index (χ4n) is 1.85. The highest BCUT2D eigenvalue weighted by atomic mass is 79.9. The van der Waals surface area contributed by atoms with Crippen LogP contribution in [0.4, 0.5) is 0 Å². The fraction of sp³-hybridized carbons (Fsp3) is 0.267. The lowest BCUT2D eigenvalue weighted by Crippen LogP contribution is -2.18. The Morgan fingerprint density at radius 3 is 2.72 bits per heavy atom. The lowest BCUT2D eigenvalue weighted by Gasteiger charge is -2.14. The zero-order chi connectivity index (χ0) is 13.0. The molecule has 94 valence electrons. The zero-order valence-corrected chi connectivity index (χ0v) is 12.2. The summed E-state index contributed by atoms with van der Waals surface area (Å²) in [6.07, 6.45) is 0. The summed E-state index contributed by atoms with van der Waals surface area (Å²) >= 11 is 3.50. The predicted octanol–water partition coefficient (Wildman–Crippen LogP) is 4.00. The summed E-state index contributed by atoms with van der Waals surface area (Å²) in [7, 11) is 0. The zero-order valence-electron chi connectivity index (χ0n) is 10.7. The molecule has 0 aliphatic carbocycles. The Hall–Kier alpha value is -1.19. The van der Waals surface area contributed by atoms with E-state index in [1.165, 1.54) is 5.56 Å². The number of halogens is 1. The van der Waals surface area contributed by atoms with E-state index in [2.05, 4.69) is 51.4 Å². The number of aryl methyl sites for hydroxylation is 1. The minimum atomic E-state index is 0.310. The first-order valence-electron chi connectivity index (χ1n) is 6.06. The molecule has 0 saturated carbocycles. The van der Waals surface area contributed by atoms with E-state index >= 15 is 0 Å². The second-order valence-corrected chi connectivity index (χ2v) is 5.34. The molecule has 0 fully saturated rings. The van der Waals surface area contributed by atoms with Crippen molar-refractivity contribution < 1.29 is 0 Å². The van der Waals surface area contributed by atoms with Gasteiger partial charge in [-0.05, 0) is 43.7 Å². The van der Waals surface area contributed by atoms with Crippen molar-refractivity contribution in [1.29, 1.82) is 0 Å². The molecule has 1 N–H and O–H groups in total. The van der Waals surface area contributed by atoms with E-state index < -0.39 is 0 Å². The Morgan fingerprint density at radius 2 is 2.00 bits per heavy atom. The Labute approximate surface area is 117 Å². The summed E-state index contributed by atoms with van der Waals surface area (Å²) in [5.41, 5.74) is 3.42. The quantitative estimate of drug-likeness (QED) is 0.923. The minimum Gasteiger partial charge on any atom is -0.305 e. The molecule has 2 nitrogen and oxygen atoms in total. The van der Waals surface area contributed by atoms with Gasteiger partial charge in [-0.2, -0.15) is 0 Å². The molecule has 2 rings (SSSR count). The van der Waals surface area contributed by atoms with Gasteiger partial charge in [-0.25, -0.2) is 0 Å². The van der Waals surface area contributed by atoms with Crippen LogP contribution in [0, 0.1) is 6.92 Å². The number of hydrogen-bond acceptors (Lipinski definition) is 2. The van der Waals surface area contributed by atoms with Gasteiger partial charge in [0.05, 0.1) is 5.69 Å². The maximum absolute atomic E-state index is 4.48. The average Bonchev–Trinajstić information content (AvgIpc) is 2.36. The first-order chi connectivity index (χ1) is 8.65. The first-order valence-corrected chi connectivity index (χ1v) is 6.86. The monoisotopic (exact) mass is 304 g/mol. The van der Waals surface area contributed by atoms with Gasteiger partial charge in [0.25, 0.3) is 0 Å². The number of pyridine rings is 1. The lowest BCUT2D eigenvalue weighted by atomic mass is 10.1. The third-order valence-electron chi connectivity index (χ3n) is 2.88. The van der Waals surface area contributed by atoms with Gasteiger partial charge < -0.3 is 5.32 Å². The van der Waals surface area contributed by atoms with Gasteiger partial charge in [0.15, 0.2) is 0 Å². The summed E-state index contributed by atoms with van der Waals surface area (Å²) in [5, 5.41) is 3.49. The molecule has 1 aromatic heterocycles. The van der Waals surface area contributed by atoms with Crippen molar-refractivity contribution in [2.24, 2.45) is 0 Å². The molecule has 2 aromatic rings. The van der Waals surface area contributed by atoms with Crippen LogP contribution in [-0.2, 0) is 6.54 Å². The van der Waals surface area contributed by atoms with Crippen molar-refractivity contribution in [2.75, 3.05) is 0 Å². The summed E-state index contributed by atoms with van der Waals surface area (Å²) < 4.78 is 1.11. The smallest absolute Gasteiger partial charge is 0.0545 e. The molecule has 0 bridgehead atoms. The van der Waals surface area contributed by atoms with Crippen LogP contribution in [0.15, 0.2) is 46.9 Å². The van der Waals surface area contributed by atoms with E-state index in [9.17, 15) is 0 Å². The molecule has 1 atom stereocenters. The number of nitrogens with zero attached hydrogens (tertiary/aromatic N) is 1. The van der Waals surface area contributed by atoms with Gasteiger partial charge in [0, 0.05) is 22.8 Å². The highest BCUT2D eigenvalue weighted by Crippen LogP contribution is 2.18. The van der Waals surface area contributed by atoms with E-state index in [4.69, 9.17) is 0 Å². The summed E-state index contributed by atoms with van der Waals surface area (Å²) in [6.45, 7) is 4.97. The van der Waals surface area contributed by atoms with Crippen LogP contribution in [-0.4, -0.2) is 4.98 Å². The molecule has 0 saturated heterocycles. The van der Waals surface area contributed by atoms with Crippen LogP contribution in [0.25, 0.3) is 0 Å². The third-order valence-corrected chi connectivity index (χ3v) is 3.38. The summed E-state index contributed by atoms with van der Waals surface area (Å²) in [4.78, 5) is 4.48. The van der Waals surface area contributed by atoms with E-state index in [-0.39, 0.29) is 0 Å². The lowest BCUT2D eigenvalue weighted by molar-refractivity contribution is 0.567. The molecular formula is C15H17BrN2. The molecule has 0 aliphatic heterocycles. The molecule has 0 spiro atoms. The highest BCUT2D eigenvalue weighted by molar-refractivity contribution is 9.10. The van der Waals surface area contributed by atoms with Crippen molar-refractivity contribution in [3.8, 4) is 0 Å². The number of aromatic nitrogens is 1. The Balaban J connectivity index is 1.98. The van der Waals surface area contributed by atoms with Crippen LogP contribution in [0.2, 0.25) is 0 Å². The molecular weight excluding hydrogens is 288 g/mol. The predicted molar refractivity (Wildman–Crippen MR) is 78.4 cm³/mol. The van der Waals surface area contributed by atoms with E-state index in [0.29, 0.717) is 6.04 Å². The standard InChI is InChI=1S/C15H17BrN2/c1-11-5-3-8-15(18-11)10-17-12(2)13-6-4-7-14(16)9-13/h3-9,12,17H,10H2,1-2H3/t12-/m1/s1. The summed E-state index contributed by atoms with van der Waals surface area (Å²) in [5.74, 6) is 0. The van der Waals surface area contributed by atoms with Gasteiger partial charge in [-0.3, -0.25) is 4.98 Å². The van der Waals surface area contributed by atoms with Crippen LogP contribution >= 0.6 is 15.9 Å². The van der Waals surface area contributed by atoms with Crippen LogP contribution in [0.3, 0.4) is 0 Å². The van der Waals surface area contributed by atoms with Gasteiger partial charge in [0.2, 0.25) is 0 Å². The highest BCUT2D eigenvalue weighted by Gasteiger charge is 2.05. The normalized spacial score (nSPS) is 12.4. The molecule has 0 radical (unpaired) electrons. The number of nitrogens with one attached hydrogen (secondary N) is 1. The second kappa shape index (κ2) is 6.12.